The molecule has 1 unspecified atom stereocenters. The van der Waals surface area contributed by atoms with Crippen molar-refractivity contribution in [3.63, 3.8) is 0 Å². The van der Waals surface area contributed by atoms with Crippen molar-refractivity contribution in [2.45, 2.75) is 77.6 Å². The third kappa shape index (κ3) is 6.13. The molecule has 0 N–H and O–H groups in total. The maximum atomic E-state index is 12.1. The molecule has 0 aliphatic heterocycles. The van der Waals surface area contributed by atoms with Crippen molar-refractivity contribution in [3.8, 4) is 0 Å². The first-order chi connectivity index (χ1) is 6.93. The highest BCUT2D eigenvalue weighted by atomic mass is 28.3. The number of carbonyl (C=O) groups excluding carboxylic acids is 1. The maximum absolute atomic E-state index is 12.1. The molecule has 0 rings (SSSR count). The normalized spacial score (nSPS) is 13.9. The topological polar surface area (TPSA) is 17.1 Å². The third-order valence-corrected chi connectivity index (χ3v) is 5.74. The maximum Gasteiger partial charge on any atom is 0.133 e. The van der Waals surface area contributed by atoms with Gasteiger partial charge in [-0.15, -0.1) is 0 Å². The van der Waals surface area contributed by atoms with E-state index in [4.69, 9.17) is 0 Å². The fraction of sp³-hybridized carbons (Fsp3) is 0.923. The summed E-state index contributed by atoms with van der Waals surface area (Å²) >= 11 is 0. The molecule has 2 heteroatoms. The van der Waals surface area contributed by atoms with E-state index in [1.165, 1.54) is 12.8 Å². The quantitative estimate of drug-likeness (QED) is 0.437. The lowest BCUT2D eigenvalue weighted by Crippen LogP contribution is -2.33. The lowest BCUT2D eigenvalue weighted by Gasteiger charge is -2.27. The number of carbonyl (C=O) groups is 1. The van der Waals surface area contributed by atoms with Crippen LogP contribution in [0.4, 0.5) is 0 Å². The van der Waals surface area contributed by atoms with E-state index in [0.717, 1.165) is 25.7 Å². The molecule has 90 valence electrons. The summed E-state index contributed by atoms with van der Waals surface area (Å²) in [6.07, 6.45) is 6.59. The standard InChI is InChI=1S/C13H28OSi/c1-6-8-9-11-12(14)13(10-7-2)15(3,4)5/h13H,6-11H2,1-5H3. The molecule has 0 saturated carbocycles. The van der Waals surface area contributed by atoms with Gasteiger partial charge in [0.1, 0.15) is 5.78 Å². The van der Waals surface area contributed by atoms with Gasteiger partial charge in [-0.3, -0.25) is 4.79 Å². The van der Waals surface area contributed by atoms with Gasteiger partial charge < -0.3 is 0 Å². The zero-order valence-electron chi connectivity index (χ0n) is 11.2. The van der Waals surface area contributed by atoms with E-state index in [9.17, 15) is 4.79 Å². The fourth-order valence-corrected chi connectivity index (χ4v) is 4.35. The van der Waals surface area contributed by atoms with Gasteiger partial charge in [0.2, 0.25) is 0 Å². The van der Waals surface area contributed by atoms with Gasteiger partial charge in [-0.05, 0) is 12.8 Å². The van der Waals surface area contributed by atoms with Crippen LogP contribution in [0.5, 0.6) is 0 Å². The molecular formula is C13H28OSi. The monoisotopic (exact) mass is 228 g/mol. The number of rotatable bonds is 8. The van der Waals surface area contributed by atoms with E-state index in [1.807, 2.05) is 0 Å². The summed E-state index contributed by atoms with van der Waals surface area (Å²) in [6.45, 7) is 11.3. The Morgan fingerprint density at radius 3 is 2.07 bits per heavy atom. The number of hydrogen-bond donors (Lipinski definition) is 0. The molecule has 15 heavy (non-hydrogen) atoms. The van der Waals surface area contributed by atoms with E-state index >= 15 is 0 Å². The minimum absolute atomic E-state index is 0.402. The number of Topliss-reactive ketones (excluding diaryl/α,β-unsaturated/α-hetero) is 1. The molecule has 0 radical (unpaired) electrons. The zero-order chi connectivity index (χ0) is 11.9. The van der Waals surface area contributed by atoms with Crippen LogP contribution in [-0.4, -0.2) is 13.9 Å². The third-order valence-electron chi connectivity index (χ3n) is 3.04. The molecule has 0 saturated heterocycles. The van der Waals surface area contributed by atoms with E-state index in [-0.39, 0.29) is 0 Å². The van der Waals surface area contributed by atoms with Crippen molar-refractivity contribution in [1.82, 2.24) is 0 Å². The Hall–Kier alpha value is -0.113. The average Bonchev–Trinajstić information content (AvgIpc) is 2.12. The highest BCUT2D eigenvalue weighted by molar-refractivity contribution is 6.80. The molecule has 1 nitrogen and oxygen atoms in total. The predicted octanol–water partition coefficient (Wildman–Crippen LogP) is 4.64. The first kappa shape index (κ1) is 14.9. The minimum atomic E-state index is -1.28. The zero-order valence-corrected chi connectivity index (χ0v) is 12.2. The largest absolute Gasteiger partial charge is 0.300 e. The molecule has 0 bridgehead atoms. The Morgan fingerprint density at radius 2 is 1.67 bits per heavy atom. The number of hydrogen-bond acceptors (Lipinski definition) is 1. The van der Waals surface area contributed by atoms with Crippen molar-refractivity contribution in [2.24, 2.45) is 0 Å². The van der Waals surface area contributed by atoms with Gasteiger partial charge in [0.15, 0.2) is 0 Å². The molecule has 0 aliphatic carbocycles. The van der Waals surface area contributed by atoms with E-state index in [1.54, 1.807) is 0 Å². The van der Waals surface area contributed by atoms with Crippen molar-refractivity contribution in [1.29, 1.82) is 0 Å². The van der Waals surface area contributed by atoms with Crippen LogP contribution in [-0.2, 0) is 4.79 Å². The summed E-state index contributed by atoms with van der Waals surface area (Å²) in [4.78, 5) is 12.1. The fourth-order valence-electron chi connectivity index (χ4n) is 2.09. The summed E-state index contributed by atoms with van der Waals surface area (Å²) in [6, 6.07) is 0. The molecule has 0 fully saturated rings. The number of ketones is 1. The van der Waals surface area contributed by atoms with Crippen molar-refractivity contribution in [3.05, 3.63) is 0 Å². The first-order valence-corrected chi connectivity index (χ1v) is 10.0. The lowest BCUT2D eigenvalue weighted by atomic mass is 10.1. The van der Waals surface area contributed by atoms with Crippen molar-refractivity contribution < 1.29 is 4.79 Å². The molecule has 0 aromatic heterocycles. The summed E-state index contributed by atoms with van der Waals surface area (Å²) in [7, 11) is -1.28. The average molecular weight is 228 g/mol. The van der Waals surface area contributed by atoms with Gasteiger partial charge in [-0.2, -0.15) is 0 Å². The second-order valence-corrected chi connectivity index (χ2v) is 11.1. The highest BCUT2D eigenvalue weighted by Crippen LogP contribution is 2.29. The van der Waals surface area contributed by atoms with Crippen LogP contribution in [0.2, 0.25) is 25.2 Å². The SMILES string of the molecule is CCCCCC(=O)C(CCC)[Si](C)(C)C. The molecule has 0 aliphatic rings. The van der Waals surface area contributed by atoms with Crippen molar-refractivity contribution in [2.75, 3.05) is 0 Å². The molecule has 0 amide bonds. The van der Waals surface area contributed by atoms with Crippen molar-refractivity contribution >= 4 is 13.9 Å². The molecule has 0 aromatic rings. The number of unbranched alkanes of at least 4 members (excludes halogenated alkanes) is 2. The molecule has 0 spiro atoms. The molecular weight excluding hydrogens is 200 g/mol. The van der Waals surface area contributed by atoms with Gasteiger partial charge in [0.05, 0.1) is 8.07 Å². The predicted molar refractivity (Wildman–Crippen MR) is 71.2 cm³/mol. The van der Waals surface area contributed by atoms with Crippen LogP contribution in [0.1, 0.15) is 52.4 Å². The van der Waals surface area contributed by atoms with E-state index in [0.29, 0.717) is 11.3 Å². The first-order valence-electron chi connectivity index (χ1n) is 6.46. The Balaban J connectivity index is 4.18. The Morgan fingerprint density at radius 1 is 1.07 bits per heavy atom. The van der Waals surface area contributed by atoms with Crippen LogP contribution in [0.3, 0.4) is 0 Å². The van der Waals surface area contributed by atoms with Crippen LogP contribution < -0.4 is 0 Å². The smallest absolute Gasteiger partial charge is 0.133 e. The lowest BCUT2D eigenvalue weighted by molar-refractivity contribution is -0.119. The van der Waals surface area contributed by atoms with Crippen LogP contribution in [0.15, 0.2) is 0 Å². The Labute approximate surface area is 96.7 Å². The van der Waals surface area contributed by atoms with Gasteiger partial charge in [-0.1, -0.05) is 52.8 Å². The minimum Gasteiger partial charge on any atom is -0.300 e. The molecule has 0 aromatic carbocycles. The van der Waals surface area contributed by atoms with Gasteiger partial charge >= 0.3 is 0 Å². The molecule has 1 atom stereocenters. The summed E-state index contributed by atoms with van der Waals surface area (Å²) in [5, 5.41) is 0. The Kier molecular flexibility index (Phi) is 7.15. The second kappa shape index (κ2) is 7.21. The summed E-state index contributed by atoms with van der Waals surface area (Å²) in [5.41, 5.74) is 0.402. The van der Waals surface area contributed by atoms with Crippen LogP contribution in [0.25, 0.3) is 0 Å². The Bertz CT molecular complexity index is 181. The van der Waals surface area contributed by atoms with Gasteiger partial charge in [-0.25, -0.2) is 0 Å². The van der Waals surface area contributed by atoms with E-state index < -0.39 is 8.07 Å². The highest BCUT2D eigenvalue weighted by Gasteiger charge is 2.31. The van der Waals surface area contributed by atoms with E-state index in [2.05, 4.69) is 33.5 Å². The van der Waals surface area contributed by atoms with Crippen LogP contribution >= 0.6 is 0 Å². The van der Waals surface area contributed by atoms with Crippen LogP contribution in [0, 0.1) is 0 Å². The van der Waals surface area contributed by atoms with Gasteiger partial charge in [0.25, 0.3) is 0 Å². The summed E-state index contributed by atoms with van der Waals surface area (Å²) < 4.78 is 0. The second-order valence-electron chi connectivity index (χ2n) is 5.63. The van der Waals surface area contributed by atoms with Gasteiger partial charge in [0, 0.05) is 12.0 Å². The molecule has 0 heterocycles. The summed E-state index contributed by atoms with van der Waals surface area (Å²) in [5.74, 6) is 0.546.